The highest BCUT2D eigenvalue weighted by atomic mass is 35.5. The van der Waals surface area contributed by atoms with Crippen molar-refractivity contribution in [2.24, 2.45) is 0 Å². The molecule has 0 aliphatic rings. The Morgan fingerprint density at radius 2 is 2.00 bits per heavy atom. The maximum absolute atomic E-state index is 9.21. The van der Waals surface area contributed by atoms with E-state index in [1.54, 1.807) is 0 Å². The van der Waals surface area contributed by atoms with Crippen molar-refractivity contribution >= 4 is 17.3 Å². The molecule has 0 unspecified atom stereocenters. The van der Waals surface area contributed by atoms with Gasteiger partial charge in [-0.2, -0.15) is 0 Å². The Bertz CT molecular complexity index is 365. The van der Waals surface area contributed by atoms with Gasteiger partial charge in [0.1, 0.15) is 0 Å². The van der Waals surface area contributed by atoms with Gasteiger partial charge < -0.3 is 15.3 Å². The summed E-state index contributed by atoms with van der Waals surface area (Å²) in [6.45, 7) is 7.89. The van der Waals surface area contributed by atoms with Gasteiger partial charge >= 0.3 is 0 Å². The smallest absolute Gasteiger partial charge is 0.0606 e. The lowest BCUT2D eigenvalue weighted by Crippen LogP contribution is -2.29. The summed E-state index contributed by atoms with van der Waals surface area (Å²) in [5, 5.41) is 13.4. The van der Waals surface area contributed by atoms with Gasteiger partial charge in [-0.05, 0) is 37.1 Å². The average molecular weight is 285 g/mol. The average Bonchev–Trinajstić information content (AvgIpc) is 2.40. The van der Waals surface area contributed by atoms with Crippen LogP contribution in [0.3, 0.4) is 0 Å². The number of nitrogens with one attached hydrogen (secondary N) is 1. The van der Waals surface area contributed by atoms with Crippen LogP contribution in [0.4, 0.5) is 5.69 Å². The van der Waals surface area contributed by atoms with Crippen LogP contribution < -0.4 is 10.2 Å². The zero-order chi connectivity index (χ0) is 14.1. The van der Waals surface area contributed by atoms with Crippen molar-refractivity contribution in [2.75, 3.05) is 31.1 Å². The summed E-state index contributed by atoms with van der Waals surface area (Å²) in [7, 11) is 0. The van der Waals surface area contributed by atoms with Crippen LogP contribution in [0.1, 0.15) is 32.3 Å². The normalized spacial score (nSPS) is 10.7. The van der Waals surface area contributed by atoms with Gasteiger partial charge in [-0.3, -0.25) is 0 Å². The number of benzene rings is 1. The third-order valence-electron chi connectivity index (χ3n) is 2.99. The zero-order valence-electron chi connectivity index (χ0n) is 12.0. The molecule has 0 heterocycles. The Hall–Kier alpha value is -0.770. The van der Waals surface area contributed by atoms with Crippen LogP contribution in [-0.2, 0) is 6.54 Å². The number of halogens is 1. The van der Waals surface area contributed by atoms with E-state index >= 15 is 0 Å². The van der Waals surface area contributed by atoms with E-state index in [2.05, 4.69) is 30.1 Å². The molecule has 0 radical (unpaired) electrons. The largest absolute Gasteiger partial charge is 0.395 e. The van der Waals surface area contributed by atoms with E-state index in [4.69, 9.17) is 11.6 Å². The second-order valence-corrected chi connectivity index (χ2v) is 5.10. The molecule has 0 fully saturated rings. The van der Waals surface area contributed by atoms with Gasteiger partial charge in [0.2, 0.25) is 0 Å². The summed E-state index contributed by atoms with van der Waals surface area (Å²) in [4.78, 5) is 2.20. The fourth-order valence-corrected chi connectivity index (χ4v) is 2.29. The van der Waals surface area contributed by atoms with Crippen LogP contribution in [0.5, 0.6) is 0 Å². The lowest BCUT2D eigenvalue weighted by Gasteiger charge is -2.26. The van der Waals surface area contributed by atoms with E-state index in [9.17, 15) is 5.11 Å². The number of aliphatic hydroxyl groups is 1. The van der Waals surface area contributed by atoms with E-state index in [1.165, 1.54) is 5.56 Å². The number of anilines is 1. The maximum atomic E-state index is 9.21. The summed E-state index contributed by atoms with van der Waals surface area (Å²) in [6, 6.07) is 5.99. The monoisotopic (exact) mass is 284 g/mol. The first-order valence-electron chi connectivity index (χ1n) is 7.07. The van der Waals surface area contributed by atoms with Gasteiger partial charge in [0.25, 0.3) is 0 Å². The number of hydrogen-bond donors (Lipinski definition) is 2. The molecule has 108 valence electrons. The van der Waals surface area contributed by atoms with E-state index in [0.717, 1.165) is 43.2 Å². The Morgan fingerprint density at radius 3 is 2.63 bits per heavy atom. The number of rotatable bonds is 9. The lowest BCUT2D eigenvalue weighted by atomic mass is 10.1. The molecular formula is C15H25ClN2O. The van der Waals surface area contributed by atoms with Crippen LogP contribution in [-0.4, -0.2) is 31.3 Å². The Balaban J connectivity index is 2.89. The van der Waals surface area contributed by atoms with Crippen LogP contribution in [0, 0.1) is 0 Å². The predicted octanol–water partition coefficient (Wildman–Crippen LogP) is 3.05. The summed E-state index contributed by atoms with van der Waals surface area (Å²) in [5.41, 5.74) is 2.37. The first-order chi connectivity index (χ1) is 9.22. The number of nitrogens with zero attached hydrogens (tertiary/aromatic N) is 1. The summed E-state index contributed by atoms with van der Waals surface area (Å²) >= 11 is 6.11. The first kappa shape index (κ1) is 16.3. The summed E-state index contributed by atoms with van der Waals surface area (Å²) in [5.74, 6) is 0. The van der Waals surface area contributed by atoms with Gasteiger partial charge in [0.15, 0.2) is 0 Å². The molecule has 4 heteroatoms. The molecule has 0 amide bonds. The number of aliphatic hydroxyl groups excluding tert-OH is 1. The van der Waals surface area contributed by atoms with Gasteiger partial charge in [0.05, 0.1) is 6.61 Å². The van der Waals surface area contributed by atoms with E-state index in [0.29, 0.717) is 6.54 Å². The molecule has 1 aromatic carbocycles. The standard InChI is InChI=1S/C15H25ClN2O/c1-3-7-17-12-13-5-6-14(16)11-15(13)18(8-4-2)9-10-19/h5-6,11,17,19H,3-4,7-10,12H2,1-2H3. The zero-order valence-corrected chi connectivity index (χ0v) is 12.7. The molecule has 0 bridgehead atoms. The topological polar surface area (TPSA) is 35.5 Å². The van der Waals surface area contributed by atoms with Crippen LogP contribution in [0.2, 0.25) is 5.02 Å². The second kappa shape index (κ2) is 9.18. The molecule has 0 aliphatic heterocycles. The molecule has 0 saturated carbocycles. The van der Waals surface area contributed by atoms with Gasteiger partial charge in [-0.1, -0.05) is 31.5 Å². The molecule has 19 heavy (non-hydrogen) atoms. The van der Waals surface area contributed by atoms with Gasteiger partial charge in [0, 0.05) is 30.3 Å². The molecule has 0 saturated heterocycles. The minimum absolute atomic E-state index is 0.161. The van der Waals surface area contributed by atoms with Crippen molar-refractivity contribution < 1.29 is 5.11 Å². The van der Waals surface area contributed by atoms with Crippen molar-refractivity contribution in [2.45, 2.75) is 33.2 Å². The van der Waals surface area contributed by atoms with Crippen molar-refractivity contribution in [1.82, 2.24) is 5.32 Å². The van der Waals surface area contributed by atoms with Crippen molar-refractivity contribution in [3.05, 3.63) is 28.8 Å². The molecule has 1 aromatic rings. The van der Waals surface area contributed by atoms with Gasteiger partial charge in [-0.15, -0.1) is 0 Å². The predicted molar refractivity (Wildman–Crippen MR) is 83.0 cm³/mol. The Morgan fingerprint density at radius 1 is 1.21 bits per heavy atom. The third-order valence-corrected chi connectivity index (χ3v) is 3.23. The van der Waals surface area contributed by atoms with Crippen LogP contribution in [0.15, 0.2) is 18.2 Å². The minimum Gasteiger partial charge on any atom is -0.395 e. The molecule has 0 aliphatic carbocycles. The van der Waals surface area contributed by atoms with Crippen molar-refractivity contribution in [3.8, 4) is 0 Å². The molecule has 0 aromatic heterocycles. The Labute approximate surface area is 121 Å². The quantitative estimate of drug-likeness (QED) is 0.684. The molecule has 1 rings (SSSR count). The first-order valence-corrected chi connectivity index (χ1v) is 7.45. The van der Waals surface area contributed by atoms with Crippen molar-refractivity contribution in [1.29, 1.82) is 0 Å². The SMILES string of the molecule is CCCNCc1ccc(Cl)cc1N(CCC)CCO. The fraction of sp³-hybridized carbons (Fsp3) is 0.600. The molecule has 2 N–H and O–H groups in total. The highest BCUT2D eigenvalue weighted by Gasteiger charge is 2.10. The number of hydrogen-bond acceptors (Lipinski definition) is 3. The van der Waals surface area contributed by atoms with Crippen molar-refractivity contribution in [3.63, 3.8) is 0 Å². The second-order valence-electron chi connectivity index (χ2n) is 4.66. The van der Waals surface area contributed by atoms with Gasteiger partial charge in [-0.25, -0.2) is 0 Å². The summed E-state index contributed by atoms with van der Waals surface area (Å²) < 4.78 is 0. The highest BCUT2D eigenvalue weighted by Crippen LogP contribution is 2.25. The van der Waals surface area contributed by atoms with E-state index < -0.39 is 0 Å². The van der Waals surface area contributed by atoms with E-state index in [1.807, 2.05) is 12.1 Å². The lowest BCUT2D eigenvalue weighted by molar-refractivity contribution is 0.301. The Kier molecular flexibility index (Phi) is 7.87. The van der Waals surface area contributed by atoms with Crippen LogP contribution in [0.25, 0.3) is 0 Å². The third kappa shape index (κ3) is 5.39. The molecule has 0 atom stereocenters. The molecule has 0 spiro atoms. The van der Waals surface area contributed by atoms with Crippen LogP contribution >= 0.6 is 11.6 Å². The molecular weight excluding hydrogens is 260 g/mol. The molecule has 3 nitrogen and oxygen atoms in total. The maximum Gasteiger partial charge on any atom is 0.0606 e. The van der Waals surface area contributed by atoms with E-state index in [-0.39, 0.29) is 6.61 Å². The highest BCUT2D eigenvalue weighted by molar-refractivity contribution is 6.30. The fourth-order valence-electron chi connectivity index (χ4n) is 2.12. The minimum atomic E-state index is 0.161. The summed E-state index contributed by atoms with van der Waals surface area (Å²) in [6.07, 6.45) is 2.17.